The van der Waals surface area contributed by atoms with E-state index >= 15 is 0 Å². The maximum atomic E-state index is 14.0. The molecule has 0 aliphatic heterocycles. The van der Waals surface area contributed by atoms with E-state index in [4.69, 9.17) is 10.5 Å². The Hall–Kier alpha value is -3.86. The Morgan fingerprint density at radius 3 is 2.75 bits per heavy atom. The molecule has 0 saturated heterocycles. The number of pyridine rings is 1. The Kier molecular flexibility index (Phi) is 5.82. The number of rotatable bonds is 6. The van der Waals surface area contributed by atoms with Gasteiger partial charge in [-0.05, 0) is 38.1 Å². The zero-order chi connectivity index (χ0) is 22.8. The first-order valence-corrected chi connectivity index (χ1v) is 10.5. The highest BCUT2D eigenvalue weighted by molar-refractivity contribution is 7.17. The maximum Gasteiger partial charge on any atom is 0.280 e. The molecule has 1 amide bonds. The van der Waals surface area contributed by atoms with E-state index in [0.29, 0.717) is 33.3 Å². The summed E-state index contributed by atoms with van der Waals surface area (Å²) < 4.78 is 20.1. The summed E-state index contributed by atoms with van der Waals surface area (Å²) in [6, 6.07) is 6.03. The standard InChI is InChI=1S/C21H20FN7O2S/c1-11-18(32-21(28-11)20(30)24-3)13-8-17(19(23)25-10-13)31-12(2)15-9-14(22)4-5-16(15)29-26-6-7-27-29/h4-10,12H,1-3H3,(H2,23,25)(H,24,30)/t12-/m1/s1. The summed E-state index contributed by atoms with van der Waals surface area (Å²) in [5.74, 6) is -0.158. The lowest BCUT2D eigenvalue weighted by atomic mass is 10.1. The molecular formula is C21H20FN7O2S. The second-order valence-electron chi connectivity index (χ2n) is 6.90. The zero-order valence-electron chi connectivity index (χ0n) is 17.5. The number of halogens is 1. The molecule has 0 spiro atoms. The van der Waals surface area contributed by atoms with E-state index in [0.717, 1.165) is 4.88 Å². The number of ether oxygens (including phenoxy) is 1. The van der Waals surface area contributed by atoms with Gasteiger partial charge >= 0.3 is 0 Å². The van der Waals surface area contributed by atoms with E-state index in [2.05, 4.69) is 25.5 Å². The van der Waals surface area contributed by atoms with Crippen LogP contribution in [0.5, 0.6) is 5.75 Å². The molecule has 4 rings (SSSR count). The van der Waals surface area contributed by atoms with E-state index in [-0.39, 0.29) is 11.7 Å². The third kappa shape index (κ3) is 4.14. The number of hydrogen-bond acceptors (Lipinski definition) is 8. The number of nitrogens with zero attached hydrogens (tertiary/aromatic N) is 5. The van der Waals surface area contributed by atoms with Crippen molar-refractivity contribution in [3.05, 3.63) is 64.9 Å². The SMILES string of the molecule is CNC(=O)c1nc(C)c(-c2cnc(N)c(O[C@H](C)c3cc(F)ccc3-n3nccn3)c2)s1. The molecule has 0 unspecified atom stereocenters. The zero-order valence-corrected chi connectivity index (χ0v) is 18.4. The topological polar surface area (TPSA) is 121 Å². The number of carbonyl (C=O) groups is 1. The summed E-state index contributed by atoms with van der Waals surface area (Å²) in [6.07, 6.45) is 4.08. The van der Waals surface area contributed by atoms with Crippen LogP contribution in [0.2, 0.25) is 0 Å². The Bertz CT molecular complexity index is 1270. The molecule has 32 heavy (non-hydrogen) atoms. The van der Waals surface area contributed by atoms with Crippen molar-refractivity contribution >= 4 is 23.1 Å². The fourth-order valence-electron chi connectivity index (χ4n) is 3.17. The minimum absolute atomic E-state index is 0.185. The minimum Gasteiger partial charge on any atom is -0.482 e. The quantitative estimate of drug-likeness (QED) is 0.459. The van der Waals surface area contributed by atoms with Gasteiger partial charge in [0.25, 0.3) is 5.91 Å². The molecule has 9 nitrogen and oxygen atoms in total. The Morgan fingerprint density at radius 1 is 1.28 bits per heavy atom. The number of amides is 1. The Balaban J connectivity index is 1.67. The third-order valence-electron chi connectivity index (χ3n) is 4.73. The number of thiazole rings is 1. The highest BCUT2D eigenvalue weighted by Crippen LogP contribution is 2.35. The van der Waals surface area contributed by atoms with Crippen LogP contribution in [0.1, 0.15) is 34.1 Å². The predicted molar refractivity (Wildman–Crippen MR) is 118 cm³/mol. The molecular weight excluding hydrogens is 433 g/mol. The fraction of sp³-hybridized carbons (Fsp3) is 0.190. The maximum absolute atomic E-state index is 14.0. The van der Waals surface area contributed by atoms with E-state index < -0.39 is 11.9 Å². The van der Waals surface area contributed by atoms with Gasteiger partial charge in [-0.15, -0.1) is 11.3 Å². The largest absolute Gasteiger partial charge is 0.482 e. The number of nitrogen functional groups attached to an aromatic ring is 1. The van der Waals surface area contributed by atoms with Gasteiger partial charge in [-0.2, -0.15) is 15.0 Å². The monoisotopic (exact) mass is 453 g/mol. The molecule has 0 aliphatic carbocycles. The van der Waals surface area contributed by atoms with Crippen LogP contribution >= 0.6 is 11.3 Å². The molecule has 0 radical (unpaired) electrons. The van der Waals surface area contributed by atoms with Crippen LogP contribution in [0, 0.1) is 12.7 Å². The predicted octanol–water partition coefficient (Wildman–Crippen LogP) is 3.32. The first kappa shape index (κ1) is 21.4. The Labute approximate surface area is 187 Å². The summed E-state index contributed by atoms with van der Waals surface area (Å²) in [7, 11) is 1.55. The summed E-state index contributed by atoms with van der Waals surface area (Å²) in [5.41, 5.74) is 8.58. The van der Waals surface area contributed by atoms with Gasteiger partial charge in [0, 0.05) is 24.4 Å². The number of nitrogens with two attached hydrogens (primary N) is 1. The van der Waals surface area contributed by atoms with E-state index in [1.807, 2.05) is 6.92 Å². The molecule has 1 aromatic carbocycles. The van der Waals surface area contributed by atoms with Gasteiger partial charge in [0.1, 0.15) is 11.9 Å². The number of anilines is 1. The van der Waals surface area contributed by atoms with Gasteiger partial charge in [0.15, 0.2) is 16.6 Å². The summed E-state index contributed by atoms with van der Waals surface area (Å²) >= 11 is 1.25. The van der Waals surface area contributed by atoms with Crippen molar-refractivity contribution in [2.45, 2.75) is 20.0 Å². The average Bonchev–Trinajstić information content (AvgIpc) is 3.45. The van der Waals surface area contributed by atoms with Gasteiger partial charge < -0.3 is 15.8 Å². The van der Waals surface area contributed by atoms with Crippen molar-refractivity contribution in [2.24, 2.45) is 0 Å². The molecule has 3 aromatic heterocycles. The molecule has 0 aliphatic rings. The van der Waals surface area contributed by atoms with Crippen LogP contribution < -0.4 is 15.8 Å². The normalized spacial score (nSPS) is 11.9. The second-order valence-corrected chi connectivity index (χ2v) is 7.90. The van der Waals surface area contributed by atoms with Crippen molar-refractivity contribution in [1.29, 1.82) is 0 Å². The third-order valence-corrected chi connectivity index (χ3v) is 5.93. The first-order valence-electron chi connectivity index (χ1n) is 9.65. The summed E-state index contributed by atoms with van der Waals surface area (Å²) in [5, 5.41) is 11.2. The number of hydrogen-bond donors (Lipinski definition) is 2. The lowest BCUT2D eigenvalue weighted by molar-refractivity contribution is 0.0962. The van der Waals surface area contributed by atoms with Gasteiger partial charge in [-0.1, -0.05) is 0 Å². The van der Waals surface area contributed by atoms with Crippen LogP contribution in [-0.4, -0.2) is 37.9 Å². The van der Waals surface area contributed by atoms with Crippen molar-refractivity contribution in [2.75, 3.05) is 12.8 Å². The number of carbonyl (C=O) groups excluding carboxylic acids is 1. The molecule has 3 N–H and O–H groups in total. The molecule has 0 fully saturated rings. The number of aromatic nitrogens is 5. The summed E-state index contributed by atoms with van der Waals surface area (Å²) in [6.45, 7) is 3.59. The minimum atomic E-state index is -0.588. The summed E-state index contributed by atoms with van der Waals surface area (Å²) in [4.78, 5) is 22.7. The molecule has 0 bridgehead atoms. The van der Waals surface area contributed by atoms with Crippen molar-refractivity contribution < 1.29 is 13.9 Å². The van der Waals surface area contributed by atoms with Crippen molar-refractivity contribution in [1.82, 2.24) is 30.3 Å². The number of aryl methyl sites for hydroxylation is 1. The molecule has 11 heteroatoms. The fourth-order valence-corrected chi connectivity index (χ4v) is 4.16. The van der Waals surface area contributed by atoms with Gasteiger partial charge in [0.05, 0.1) is 28.7 Å². The van der Waals surface area contributed by atoms with Gasteiger partial charge in [-0.25, -0.2) is 14.4 Å². The highest BCUT2D eigenvalue weighted by atomic mass is 32.1. The van der Waals surface area contributed by atoms with Gasteiger partial charge in [0.2, 0.25) is 0 Å². The number of nitrogens with one attached hydrogen (secondary N) is 1. The molecule has 4 aromatic rings. The van der Waals surface area contributed by atoms with Gasteiger partial charge in [-0.3, -0.25) is 4.79 Å². The highest BCUT2D eigenvalue weighted by Gasteiger charge is 2.20. The molecule has 0 saturated carbocycles. The van der Waals surface area contributed by atoms with E-state index in [1.54, 1.807) is 32.3 Å². The molecule has 164 valence electrons. The van der Waals surface area contributed by atoms with Crippen molar-refractivity contribution in [3.63, 3.8) is 0 Å². The van der Waals surface area contributed by atoms with Crippen LogP contribution in [0.15, 0.2) is 42.9 Å². The first-order chi connectivity index (χ1) is 15.4. The molecule has 1 atom stereocenters. The van der Waals surface area contributed by atoms with Crippen LogP contribution in [0.25, 0.3) is 16.1 Å². The molecule has 3 heterocycles. The lowest BCUT2D eigenvalue weighted by Crippen LogP contribution is -2.17. The smallest absolute Gasteiger partial charge is 0.280 e. The van der Waals surface area contributed by atoms with E-state index in [1.165, 1.54) is 40.7 Å². The average molecular weight is 454 g/mol. The lowest BCUT2D eigenvalue weighted by Gasteiger charge is -2.19. The Morgan fingerprint density at radius 2 is 2.03 bits per heavy atom. The van der Waals surface area contributed by atoms with Crippen LogP contribution in [0.3, 0.4) is 0 Å². The number of benzene rings is 1. The van der Waals surface area contributed by atoms with Crippen molar-refractivity contribution in [3.8, 4) is 21.9 Å². The second kappa shape index (κ2) is 8.71. The van der Waals surface area contributed by atoms with E-state index in [9.17, 15) is 9.18 Å². The van der Waals surface area contributed by atoms with Crippen LogP contribution in [-0.2, 0) is 0 Å². The van der Waals surface area contributed by atoms with Crippen LogP contribution in [0.4, 0.5) is 10.2 Å².